The number of carbonyl (C=O) groups is 1. The topological polar surface area (TPSA) is 72.7 Å². The summed E-state index contributed by atoms with van der Waals surface area (Å²) in [4.78, 5) is 12.1. The van der Waals surface area contributed by atoms with Crippen LogP contribution in [0.2, 0.25) is 0 Å². The highest BCUT2D eigenvalue weighted by atomic mass is 16.5. The Hall–Kier alpha value is -2.05. The van der Waals surface area contributed by atoms with Crippen LogP contribution in [0.4, 0.5) is 0 Å². The molecule has 6 nitrogen and oxygen atoms in total. The van der Waals surface area contributed by atoms with Crippen molar-refractivity contribution >= 4 is 16.9 Å². The summed E-state index contributed by atoms with van der Waals surface area (Å²) in [5.74, 6) is -0.0195. The largest absolute Gasteiger partial charge is 0.505 e. The molecule has 1 aromatic heterocycles. The zero-order valence-corrected chi connectivity index (χ0v) is 14.5. The van der Waals surface area contributed by atoms with E-state index in [-0.39, 0.29) is 11.4 Å². The Morgan fingerprint density at radius 3 is 2.96 bits per heavy atom. The number of aromatic hydroxyl groups is 1. The highest BCUT2D eigenvalue weighted by Gasteiger charge is 2.36. The summed E-state index contributed by atoms with van der Waals surface area (Å²) < 4.78 is 12.9. The Morgan fingerprint density at radius 1 is 1.40 bits per heavy atom. The summed E-state index contributed by atoms with van der Waals surface area (Å²) >= 11 is 0. The van der Waals surface area contributed by atoms with Crippen molar-refractivity contribution in [2.24, 2.45) is 5.41 Å². The quantitative estimate of drug-likeness (QED) is 0.819. The molecule has 3 heterocycles. The number of nitrogens with zero attached hydrogens (tertiary/aromatic N) is 1. The van der Waals surface area contributed by atoms with Gasteiger partial charge in [-0.1, -0.05) is 0 Å². The second-order valence-electron chi connectivity index (χ2n) is 7.05. The molecule has 2 aliphatic heterocycles. The predicted molar refractivity (Wildman–Crippen MR) is 93.8 cm³/mol. The molecule has 0 radical (unpaired) electrons. The van der Waals surface area contributed by atoms with Crippen molar-refractivity contribution in [1.82, 2.24) is 9.88 Å². The third-order valence-electron chi connectivity index (χ3n) is 5.49. The molecule has 1 saturated heterocycles. The minimum Gasteiger partial charge on any atom is -0.505 e. The van der Waals surface area contributed by atoms with Gasteiger partial charge in [-0.2, -0.15) is 0 Å². The molecule has 1 spiro atoms. The third-order valence-corrected chi connectivity index (χ3v) is 5.49. The van der Waals surface area contributed by atoms with Crippen LogP contribution < -0.4 is 5.32 Å². The molecule has 0 saturated carbocycles. The Kier molecular flexibility index (Phi) is 4.17. The first-order valence-electron chi connectivity index (χ1n) is 8.93. The number of benzene rings is 1. The van der Waals surface area contributed by atoms with Crippen LogP contribution in [0.15, 0.2) is 18.2 Å². The van der Waals surface area contributed by atoms with E-state index >= 15 is 0 Å². The van der Waals surface area contributed by atoms with Crippen molar-refractivity contribution < 1.29 is 19.4 Å². The number of esters is 1. The fourth-order valence-corrected chi connectivity index (χ4v) is 4.06. The monoisotopic (exact) mass is 344 g/mol. The van der Waals surface area contributed by atoms with Crippen LogP contribution in [0.25, 0.3) is 10.9 Å². The smallest absolute Gasteiger partial charge is 0.338 e. The maximum atomic E-state index is 12.1. The number of aromatic nitrogens is 1. The lowest BCUT2D eigenvalue weighted by molar-refractivity contribution is 0.00874. The number of carbonyl (C=O) groups excluding carboxylic acids is 1. The number of hydrogen-bond acceptors (Lipinski definition) is 5. The van der Waals surface area contributed by atoms with E-state index in [2.05, 4.69) is 9.88 Å². The van der Waals surface area contributed by atoms with Crippen LogP contribution in [0, 0.1) is 5.41 Å². The van der Waals surface area contributed by atoms with Gasteiger partial charge in [0.05, 0.1) is 23.4 Å². The van der Waals surface area contributed by atoms with Gasteiger partial charge in [-0.05, 0) is 38.0 Å². The molecule has 134 valence electrons. The molecule has 2 aliphatic rings. The number of fused-ring (bicyclic) bond motifs is 3. The first kappa shape index (κ1) is 16.4. The summed E-state index contributed by atoms with van der Waals surface area (Å²) in [6.07, 6.45) is 1.99. The van der Waals surface area contributed by atoms with E-state index in [4.69, 9.17) is 9.47 Å². The van der Waals surface area contributed by atoms with Gasteiger partial charge in [0.25, 0.3) is 0 Å². The van der Waals surface area contributed by atoms with Crippen LogP contribution in [0.5, 0.6) is 5.75 Å². The van der Waals surface area contributed by atoms with E-state index in [0.29, 0.717) is 24.5 Å². The van der Waals surface area contributed by atoms with Crippen molar-refractivity contribution in [2.75, 3.05) is 26.4 Å². The van der Waals surface area contributed by atoms with Crippen LogP contribution in [-0.2, 0) is 22.6 Å². The minimum absolute atomic E-state index is 0.127. The van der Waals surface area contributed by atoms with E-state index < -0.39 is 0 Å². The first-order chi connectivity index (χ1) is 12.1. The predicted octanol–water partition coefficient (Wildman–Crippen LogP) is 2.42. The van der Waals surface area contributed by atoms with Gasteiger partial charge >= 0.3 is 5.97 Å². The van der Waals surface area contributed by atoms with Crippen LogP contribution >= 0.6 is 0 Å². The van der Waals surface area contributed by atoms with E-state index in [9.17, 15) is 9.90 Å². The molecule has 2 aromatic rings. The molecule has 0 bridgehead atoms. The van der Waals surface area contributed by atoms with Crippen LogP contribution in [0.3, 0.4) is 0 Å². The minimum atomic E-state index is -0.327. The number of nitrogens with one attached hydrogen (secondary N) is 1. The molecule has 0 atom stereocenters. The molecule has 2 N–H and O–H groups in total. The van der Waals surface area contributed by atoms with E-state index in [1.165, 1.54) is 0 Å². The normalized spacial score (nSPS) is 19.6. The van der Waals surface area contributed by atoms with Crippen molar-refractivity contribution in [3.05, 3.63) is 29.5 Å². The van der Waals surface area contributed by atoms with Crippen molar-refractivity contribution in [3.8, 4) is 5.75 Å². The van der Waals surface area contributed by atoms with E-state index in [0.717, 1.165) is 55.7 Å². The van der Waals surface area contributed by atoms with Gasteiger partial charge in [-0.25, -0.2) is 4.79 Å². The summed E-state index contributed by atoms with van der Waals surface area (Å²) in [6.45, 7) is 6.05. The highest BCUT2D eigenvalue weighted by Crippen LogP contribution is 2.40. The summed E-state index contributed by atoms with van der Waals surface area (Å²) in [5.41, 5.74) is 2.43. The molecular weight excluding hydrogens is 320 g/mol. The second-order valence-corrected chi connectivity index (χ2v) is 7.05. The lowest BCUT2D eigenvalue weighted by atomic mass is 9.80. The number of hydrogen-bond donors (Lipinski definition) is 2. The zero-order valence-electron chi connectivity index (χ0n) is 14.5. The fraction of sp³-hybridized carbons (Fsp3) is 0.526. The second kappa shape index (κ2) is 6.35. The van der Waals surface area contributed by atoms with Gasteiger partial charge in [-0.15, -0.1) is 0 Å². The maximum Gasteiger partial charge on any atom is 0.338 e. The summed E-state index contributed by atoms with van der Waals surface area (Å²) in [6, 6.07) is 5.38. The average molecular weight is 344 g/mol. The molecular formula is C19H24N2O4. The first-order valence-corrected chi connectivity index (χ1v) is 8.93. The molecule has 6 heteroatoms. The third kappa shape index (κ3) is 2.79. The molecule has 25 heavy (non-hydrogen) atoms. The number of ether oxygens (including phenoxy) is 2. The van der Waals surface area contributed by atoms with Gasteiger partial charge in [0.1, 0.15) is 5.75 Å². The lowest BCUT2D eigenvalue weighted by Gasteiger charge is -2.36. The molecule has 1 aromatic carbocycles. The Bertz CT molecular complexity index is 805. The Balaban J connectivity index is 1.80. The SMILES string of the molecule is CCOC(=O)c1ccc2c(O)c3n(c2c1)CC1(CCOCC1)CNC3. The fourth-order valence-electron chi connectivity index (χ4n) is 4.06. The van der Waals surface area contributed by atoms with E-state index in [1.54, 1.807) is 13.0 Å². The van der Waals surface area contributed by atoms with Crippen LogP contribution in [0.1, 0.15) is 35.8 Å². The van der Waals surface area contributed by atoms with Gasteiger partial charge in [0.2, 0.25) is 0 Å². The molecule has 0 unspecified atom stereocenters. The summed E-state index contributed by atoms with van der Waals surface area (Å²) in [7, 11) is 0. The van der Waals surface area contributed by atoms with Crippen molar-refractivity contribution in [2.45, 2.75) is 32.9 Å². The molecule has 1 fully saturated rings. The Labute approximate surface area is 146 Å². The van der Waals surface area contributed by atoms with Crippen molar-refractivity contribution in [3.63, 3.8) is 0 Å². The number of rotatable bonds is 2. The Morgan fingerprint density at radius 2 is 2.20 bits per heavy atom. The lowest BCUT2D eigenvalue weighted by Crippen LogP contribution is -2.39. The molecule has 4 rings (SSSR count). The van der Waals surface area contributed by atoms with Crippen LogP contribution in [-0.4, -0.2) is 42.0 Å². The average Bonchev–Trinajstić information content (AvgIpc) is 2.77. The zero-order chi connectivity index (χ0) is 17.4. The van der Waals surface area contributed by atoms with Gasteiger partial charge in [0, 0.05) is 43.6 Å². The molecule has 0 amide bonds. The standard InChI is InChI=1S/C19H24N2O4/c1-2-25-18(23)13-3-4-14-15(9-13)21-12-19(5-7-24-8-6-19)11-20-10-16(21)17(14)22/h3-4,9,20,22H,2,5-8,10-12H2,1H3. The molecule has 0 aliphatic carbocycles. The van der Waals surface area contributed by atoms with Gasteiger partial charge < -0.3 is 24.5 Å². The van der Waals surface area contributed by atoms with Gasteiger partial charge in [0.15, 0.2) is 0 Å². The van der Waals surface area contributed by atoms with Crippen molar-refractivity contribution in [1.29, 1.82) is 0 Å². The highest BCUT2D eigenvalue weighted by molar-refractivity contribution is 5.97. The summed E-state index contributed by atoms with van der Waals surface area (Å²) in [5, 5.41) is 15.0. The maximum absolute atomic E-state index is 12.1. The van der Waals surface area contributed by atoms with E-state index in [1.807, 2.05) is 12.1 Å². The van der Waals surface area contributed by atoms with Gasteiger partial charge in [-0.3, -0.25) is 0 Å².